The maximum atomic E-state index is 11.8. The first-order chi connectivity index (χ1) is 9.43. The van der Waals surface area contributed by atoms with Crippen LogP contribution >= 0.6 is 27.7 Å². The van der Waals surface area contributed by atoms with Crippen LogP contribution in [0, 0.1) is 0 Å². The summed E-state index contributed by atoms with van der Waals surface area (Å²) < 4.78 is 0.476. The average Bonchev–Trinajstić information content (AvgIpc) is 2.38. The molecule has 3 N–H and O–H groups in total. The summed E-state index contributed by atoms with van der Waals surface area (Å²) in [5, 5.41) is 14.4. The smallest absolute Gasteiger partial charge is 0.336 e. The number of carbonyl (C=O) groups excluding carboxylic acids is 1. The van der Waals surface area contributed by atoms with Crippen LogP contribution < -0.4 is 10.6 Å². The van der Waals surface area contributed by atoms with Gasteiger partial charge in [-0.05, 0) is 59.5 Å². The van der Waals surface area contributed by atoms with Gasteiger partial charge in [0.1, 0.15) is 0 Å². The lowest BCUT2D eigenvalue weighted by atomic mass is 10.2. The van der Waals surface area contributed by atoms with Gasteiger partial charge in [0.2, 0.25) is 0 Å². The summed E-state index contributed by atoms with van der Waals surface area (Å²) >= 11 is 4.88. The molecule has 1 aromatic carbocycles. The Balaban J connectivity index is 2.62. The van der Waals surface area contributed by atoms with Crippen LogP contribution in [-0.4, -0.2) is 35.2 Å². The molecule has 0 saturated carbocycles. The molecule has 0 fully saturated rings. The van der Waals surface area contributed by atoms with Gasteiger partial charge >= 0.3 is 12.0 Å². The van der Waals surface area contributed by atoms with Gasteiger partial charge < -0.3 is 15.7 Å². The zero-order valence-corrected chi connectivity index (χ0v) is 13.7. The number of benzene rings is 1. The van der Waals surface area contributed by atoms with Gasteiger partial charge in [-0.3, -0.25) is 0 Å². The number of carboxylic acids is 1. The van der Waals surface area contributed by atoms with E-state index in [9.17, 15) is 9.59 Å². The van der Waals surface area contributed by atoms with Crippen LogP contribution in [0.2, 0.25) is 0 Å². The normalized spacial score (nSPS) is 11.8. The molecule has 0 aromatic heterocycles. The van der Waals surface area contributed by atoms with Crippen LogP contribution in [0.15, 0.2) is 22.7 Å². The van der Waals surface area contributed by atoms with Crippen molar-refractivity contribution in [3.05, 3.63) is 28.2 Å². The zero-order chi connectivity index (χ0) is 15.1. The summed E-state index contributed by atoms with van der Waals surface area (Å²) in [5.41, 5.74) is 0.554. The molecule has 20 heavy (non-hydrogen) atoms. The Kier molecular flexibility index (Phi) is 6.87. The molecule has 1 rings (SSSR count). The third-order valence-corrected chi connectivity index (χ3v) is 3.92. The van der Waals surface area contributed by atoms with Crippen molar-refractivity contribution < 1.29 is 14.7 Å². The maximum absolute atomic E-state index is 11.8. The highest BCUT2D eigenvalue weighted by Gasteiger charge is 2.11. The number of urea groups is 1. The zero-order valence-electron chi connectivity index (χ0n) is 11.3. The van der Waals surface area contributed by atoms with E-state index in [-0.39, 0.29) is 17.6 Å². The van der Waals surface area contributed by atoms with Crippen LogP contribution in [-0.2, 0) is 0 Å². The van der Waals surface area contributed by atoms with E-state index in [0.29, 0.717) is 10.2 Å². The number of amides is 2. The van der Waals surface area contributed by atoms with Gasteiger partial charge in [-0.15, -0.1) is 0 Å². The summed E-state index contributed by atoms with van der Waals surface area (Å²) in [6.07, 6.45) is 2.90. The largest absolute Gasteiger partial charge is 0.478 e. The molecule has 110 valence electrons. The van der Waals surface area contributed by atoms with Crippen LogP contribution in [0.1, 0.15) is 23.7 Å². The molecule has 0 bridgehead atoms. The molecule has 0 heterocycles. The Morgan fingerprint density at radius 3 is 2.75 bits per heavy atom. The fourth-order valence-electron chi connectivity index (χ4n) is 1.52. The van der Waals surface area contributed by atoms with Crippen molar-refractivity contribution in [1.82, 2.24) is 5.32 Å². The lowest BCUT2D eigenvalue weighted by molar-refractivity contribution is 0.0696. The lowest BCUT2D eigenvalue weighted by Crippen LogP contribution is -2.36. The monoisotopic (exact) mass is 360 g/mol. The van der Waals surface area contributed by atoms with Crippen LogP contribution in [0.4, 0.5) is 10.5 Å². The van der Waals surface area contributed by atoms with Gasteiger partial charge in [0.05, 0.1) is 5.56 Å². The van der Waals surface area contributed by atoms with Crippen molar-refractivity contribution >= 4 is 45.4 Å². The Bertz CT molecular complexity index is 497. The van der Waals surface area contributed by atoms with Crippen molar-refractivity contribution in [1.29, 1.82) is 0 Å². The summed E-state index contributed by atoms with van der Waals surface area (Å²) in [6.45, 7) is 1.93. The summed E-state index contributed by atoms with van der Waals surface area (Å²) in [6, 6.07) is 4.38. The molecule has 1 aromatic rings. The van der Waals surface area contributed by atoms with Crippen LogP contribution in [0.3, 0.4) is 0 Å². The fourth-order valence-corrected chi connectivity index (χ4v) is 2.53. The number of halogens is 1. The third kappa shape index (κ3) is 5.42. The Hall–Kier alpha value is -1.21. The van der Waals surface area contributed by atoms with Gasteiger partial charge in [0.15, 0.2) is 0 Å². The molecule has 0 saturated heterocycles. The Labute approximate surface area is 130 Å². The maximum Gasteiger partial charge on any atom is 0.336 e. The Morgan fingerprint density at radius 1 is 1.45 bits per heavy atom. The second-order valence-electron chi connectivity index (χ2n) is 4.28. The highest BCUT2D eigenvalue weighted by atomic mass is 79.9. The molecule has 0 aliphatic heterocycles. The van der Waals surface area contributed by atoms with Gasteiger partial charge in [0, 0.05) is 16.2 Å². The number of aromatic carboxylic acids is 1. The van der Waals surface area contributed by atoms with E-state index in [1.54, 1.807) is 23.9 Å². The number of thioether (sulfide) groups is 1. The molecule has 1 atom stereocenters. The molecule has 1 unspecified atom stereocenters. The third-order valence-electron chi connectivity index (χ3n) is 2.59. The number of anilines is 1. The molecule has 0 aliphatic rings. The molecule has 0 spiro atoms. The Morgan fingerprint density at radius 2 is 2.15 bits per heavy atom. The molecule has 7 heteroatoms. The van der Waals surface area contributed by atoms with Crippen molar-refractivity contribution in [3.8, 4) is 0 Å². The quantitative estimate of drug-likeness (QED) is 0.726. The minimum atomic E-state index is -1.05. The van der Waals surface area contributed by atoms with Crippen LogP contribution in [0.5, 0.6) is 0 Å². The topological polar surface area (TPSA) is 78.4 Å². The van der Waals surface area contributed by atoms with Crippen molar-refractivity contribution in [3.63, 3.8) is 0 Å². The highest BCUT2D eigenvalue weighted by Crippen LogP contribution is 2.21. The fraction of sp³-hybridized carbons (Fsp3) is 0.385. The first kappa shape index (κ1) is 16.8. The van der Waals surface area contributed by atoms with Gasteiger partial charge in [0.25, 0.3) is 0 Å². The van der Waals surface area contributed by atoms with Gasteiger partial charge in [-0.1, -0.05) is 0 Å². The number of carboxylic acid groups (broad SMARTS) is 1. The van der Waals surface area contributed by atoms with Gasteiger partial charge in [-0.25, -0.2) is 9.59 Å². The minimum absolute atomic E-state index is 0.0665. The number of rotatable bonds is 6. The van der Waals surface area contributed by atoms with E-state index < -0.39 is 5.97 Å². The van der Waals surface area contributed by atoms with Crippen molar-refractivity contribution in [2.24, 2.45) is 0 Å². The lowest BCUT2D eigenvalue weighted by Gasteiger charge is -2.14. The summed E-state index contributed by atoms with van der Waals surface area (Å²) in [5.74, 6) is -0.0719. The minimum Gasteiger partial charge on any atom is -0.478 e. The summed E-state index contributed by atoms with van der Waals surface area (Å²) in [4.78, 5) is 22.8. The highest BCUT2D eigenvalue weighted by molar-refractivity contribution is 9.10. The predicted molar refractivity (Wildman–Crippen MR) is 85.7 cm³/mol. The molecular weight excluding hydrogens is 344 g/mol. The van der Waals surface area contributed by atoms with Crippen LogP contribution in [0.25, 0.3) is 0 Å². The van der Waals surface area contributed by atoms with E-state index in [1.807, 2.05) is 13.2 Å². The molecule has 0 aliphatic carbocycles. The van der Waals surface area contributed by atoms with E-state index in [0.717, 1.165) is 12.2 Å². The molecular formula is C13H17BrN2O3S. The van der Waals surface area contributed by atoms with E-state index in [2.05, 4.69) is 26.6 Å². The molecule has 5 nitrogen and oxygen atoms in total. The first-order valence-electron chi connectivity index (χ1n) is 6.03. The average molecular weight is 361 g/mol. The van der Waals surface area contributed by atoms with Crippen molar-refractivity contribution in [2.75, 3.05) is 17.3 Å². The van der Waals surface area contributed by atoms with Gasteiger partial charge in [-0.2, -0.15) is 11.8 Å². The second-order valence-corrected chi connectivity index (χ2v) is 6.12. The number of hydrogen-bond acceptors (Lipinski definition) is 3. The van der Waals surface area contributed by atoms with E-state index >= 15 is 0 Å². The van der Waals surface area contributed by atoms with E-state index in [1.165, 1.54) is 6.07 Å². The molecule has 2 amide bonds. The first-order valence-corrected chi connectivity index (χ1v) is 8.22. The SMILES string of the molecule is CSCCC(C)NC(=O)Nc1ccc(Br)c(C(=O)O)c1. The van der Waals surface area contributed by atoms with E-state index in [4.69, 9.17) is 5.11 Å². The number of hydrogen-bond donors (Lipinski definition) is 3. The predicted octanol–water partition coefficient (Wildman–Crippen LogP) is 3.41. The summed E-state index contributed by atoms with van der Waals surface area (Å²) in [7, 11) is 0. The number of nitrogens with one attached hydrogen (secondary N) is 2. The van der Waals surface area contributed by atoms with Crippen molar-refractivity contribution in [2.45, 2.75) is 19.4 Å². The second kappa shape index (κ2) is 8.16. The molecule has 0 radical (unpaired) electrons. The number of carbonyl (C=O) groups is 2. The standard InChI is InChI=1S/C13H17BrN2O3S/c1-8(5-6-20-2)15-13(19)16-9-3-4-11(14)10(7-9)12(17)18/h3-4,7-8H,5-6H2,1-2H3,(H,17,18)(H2,15,16,19).